The average Bonchev–Trinajstić information content (AvgIpc) is 2.84. The highest BCUT2D eigenvalue weighted by molar-refractivity contribution is 5.97. The van der Waals surface area contributed by atoms with Crippen molar-refractivity contribution in [1.29, 1.82) is 0 Å². The zero-order valence-corrected chi connectivity index (χ0v) is 18.0. The van der Waals surface area contributed by atoms with Gasteiger partial charge in [-0.3, -0.25) is 4.79 Å². The van der Waals surface area contributed by atoms with Crippen LogP contribution in [0.1, 0.15) is 39.2 Å². The molecule has 0 fully saturated rings. The van der Waals surface area contributed by atoms with Crippen molar-refractivity contribution in [3.63, 3.8) is 0 Å². The monoisotopic (exact) mass is 443 g/mol. The SMILES string of the molecule is COc1ccc(C(=O)Oc2ccc3cc(C(=O)NC(C)c4ccccc4)c(=O)oc3c2)cc1. The fourth-order valence-electron chi connectivity index (χ4n) is 3.31. The number of carbonyl (C=O) groups excluding carboxylic acids is 2. The molecule has 0 aliphatic heterocycles. The number of carbonyl (C=O) groups is 2. The van der Waals surface area contributed by atoms with Crippen LogP contribution in [0, 0.1) is 0 Å². The molecule has 166 valence electrons. The first-order valence-electron chi connectivity index (χ1n) is 10.2. The lowest BCUT2D eigenvalue weighted by molar-refractivity contribution is 0.0734. The van der Waals surface area contributed by atoms with Crippen LogP contribution in [-0.2, 0) is 0 Å². The highest BCUT2D eigenvalue weighted by Gasteiger charge is 2.17. The van der Waals surface area contributed by atoms with Crippen molar-refractivity contribution in [2.75, 3.05) is 7.11 Å². The number of nitrogens with one attached hydrogen (secondary N) is 1. The second-order valence-corrected chi connectivity index (χ2v) is 7.37. The third kappa shape index (κ3) is 4.93. The number of ether oxygens (including phenoxy) is 2. The minimum atomic E-state index is -0.779. The van der Waals surface area contributed by atoms with Crippen LogP contribution < -0.4 is 20.4 Å². The molecule has 1 heterocycles. The number of fused-ring (bicyclic) bond motifs is 1. The van der Waals surface area contributed by atoms with Crippen molar-refractivity contribution in [1.82, 2.24) is 5.32 Å². The number of rotatable bonds is 6. The van der Waals surface area contributed by atoms with Gasteiger partial charge in [-0.15, -0.1) is 0 Å². The van der Waals surface area contributed by atoms with Gasteiger partial charge in [0.25, 0.3) is 5.91 Å². The Bertz CT molecular complexity index is 1360. The smallest absolute Gasteiger partial charge is 0.349 e. The summed E-state index contributed by atoms with van der Waals surface area (Å²) >= 11 is 0. The molecule has 0 aliphatic rings. The first-order valence-corrected chi connectivity index (χ1v) is 10.2. The lowest BCUT2D eigenvalue weighted by Crippen LogP contribution is -2.30. The summed E-state index contributed by atoms with van der Waals surface area (Å²) in [6.45, 7) is 1.83. The van der Waals surface area contributed by atoms with E-state index in [1.165, 1.54) is 19.2 Å². The molecule has 4 aromatic rings. The molecule has 1 unspecified atom stereocenters. The van der Waals surface area contributed by atoms with Gasteiger partial charge in [0.2, 0.25) is 0 Å². The van der Waals surface area contributed by atoms with E-state index in [4.69, 9.17) is 13.9 Å². The van der Waals surface area contributed by atoms with Crippen LogP contribution in [0.2, 0.25) is 0 Å². The van der Waals surface area contributed by atoms with Gasteiger partial charge in [-0.1, -0.05) is 30.3 Å². The van der Waals surface area contributed by atoms with Crippen LogP contribution >= 0.6 is 0 Å². The first kappa shape index (κ1) is 21.8. The minimum absolute atomic E-state index is 0.103. The van der Waals surface area contributed by atoms with E-state index in [-0.39, 0.29) is 22.9 Å². The second kappa shape index (κ2) is 9.40. The predicted octanol–water partition coefficient (Wildman–Crippen LogP) is 4.51. The van der Waals surface area contributed by atoms with Crippen LogP contribution in [0.25, 0.3) is 11.0 Å². The Labute approximate surface area is 189 Å². The molecule has 0 bridgehead atoms. The summed E-state index contributed by atoms with van der Waals surface area (Å²) in [5.74, 6) is -0.263. The maximum atomic E-state index is 12.7. The van der Waals surface area contributed by atoms with Gasteiger partial charge in [-0.05, 0) is 55.0 Å². The molecule has 1 aromatic heterocycles. The van der Waals surface area contributed by atoms with Gasteiger partial charge in [0.1, 0.15) is 22.6 Å². The summed E-state index contributed by atoms with van der Waals surface area (Å²) in [5.41, 5.74) is 0.580. The maximum absolute atomic E-state index is 12.7. The average molecular weight is 443 g/mol. The van der Waals surface area contributed by atoms with E-state index < -0.39 is 17.5 Å². The van der Waals surface area contributed by atoms with Crippen LogP contribution in [-0.4, -0.2) is 19.0 Å². The van der Waals surface area contributed by atoms with Gasteiger partial charge in [-0.2, -0.15) is 0 Å². The molecule has 4 rings (SSSR count). The standard InChI is InChI=1S/C26H21NO6/c1-16(17-6-4-3-5-7-17)27-24(28)22-14-19-10-13-21(15-23(19)33-26(22)30)32-25(29)18-8-11-20(31-2)12-9-18/h3-16H,1-2H3,(H,27,28). The Kier molecular flexibility index (Phi) is 6.22. The highest BCUT2D eigenvalue weighted by Crippen LogP contribution is 2.22. The molecule has 0 spiro atoms. The minimum Gasteiger partial charge on any atom is -0.497 e. The Balaban J connectivity index is 1.52. The number of hydrogen-bond acceptors (Lipinski definition) is 6. The third-order valence-corrected chi connectivity index (χ3v) is 5.14. The van der Waals surface area contributed by atoms with E-state index >= 15 is 0 Å². The Morgan fingerprint density at radius 1 is 0.909 bits per heavy atom. The molecule has 0 radical (unpaired) electrons. The molecule has 0 saturated carbocycles. The van der Waals surface area contributed by atoms with Crippen LogP contribution in [0.5, 0.6) is 11.5 Å². The molecule has 0 saturated heterocycles. The quantitative estimate of drug-likeness (QED) is 0.268. The van der Waals surface area contributed by atoms with E-state index in [0.717, 1.165) is 5.56 Å². The van der Waals surface area contributed by atoms with E-state index in [1.54, 1.807) is 36.4 Å². The van der Waals surface area contributed by atoms with Crippen molar-refractivity contribution in [2.24, 2.45) is 0 Å². The number of methoxy groups -OCH3 is 1. The fraction of sp³-hybridized carbons (Fsp3) is 0.115. The third-order valence-electron chi connectivity index (χ3n) is 5.14. The molecule has 33 heavy (non-hydrogen) atoms. The lowest BCUT2D eigenvalue weighted by atomic mass is 10.1. The van der Waals surface area contributed by atoms with Gasteiger partial charge in [0, 0.05) is 11.5 Å². The van der Waals surface area contributed by atoms with E-state index in [1.807, 2.05) is 37.3 Å². The van der Waals surface area contributed by atoms with Gasteiger partial charge in [-0.25, -0.2) is 9.59 Å². The summed E-state index contributed by atoms with van der Waals surface area (Å²) in [5, 5.41) is 3.33. The van der Waals surface area contributed by atoms with E-state index in [2.05, 4.69) is 5.32 Å². The van der Waals surface area contributed by atoms with Crippen molar-refractivity contribution >= 4 is 22.8 Å². The fourth-order valence-corrected chi connectivity index (χ4v) is 3.31. The maximum Gasteiger partial charge on any atom is 0.349 e. The topological polar surface area (TPSA) is 94.8 Å². The van der Waals surface area contributed by atoms with Gasteiger partial charge in [0.15, 0.2) is 0 Å². The molecule has 1 amide bonds. The molecule has 3 aromatic carbocycles. The van der Waals surface area contributed by atoms with Crippen LogP contribution in [0.3, 0.4) is 0 Å². The molecule has 1 atom stereocenters. The van der Waals surface area contributed by atoms with Crippen molar-refractivity contribution < 1.29 is 23.5 Å². The molecular weight excluding hydrogens is 422 g/mol. The molecule has 7 heteroatoms. The van der Waals surface area contributed by atoms with Crippen molar-refractivity contribution in [2.45, 2.75) is 13.0 Å². The predicted molar refractivity (Wildman–Crippen MR) is 123 cm³/mol. The lowest BCUT2D eigenvalue weighted by Gasteiger charge is -2.14. The summed E-state index contributed by atoms with van der Waals surface area (Å²) in [4.78, 5) is 37.5. The zero-order chi connectivity index (χ0) is 23.4. The summed E-state index contributed by atoms with van der Waals surface area (Å²) in [6, 6.07) is 21.7. The Morgan fingerprint density at radius 3 is 2.30 bits per heavy atom. The van der Waals surface area contributed by atoms with Crippen molar-refractivity contribution in [3.05, 3.63) is 106 Å². The molecule has 0 aliphatic carbocycles. The van der Waals surface area contributed by atoms with Gasteiger partial charge >= 0.3 is 11.6 Å². The number of benzene rings is 3. The summed E-state index contributed by atoms with van der Waals surface area (Å²) in [6.07, 6.45) is 0. The van der Waals surface area contributed by atoms with E-state index in [9.17, 15) is 14.4 Å². The number of esters is 1. The Hall–Kier alpha value is -4.39. The largest absolute Gasteiger partial charge is 0.497 e. The summed E-state index contributed by atoms with van der Waals surface area (Å²) in [7, 11) is 1.54. The van der Waals surface area contributed by atoms with Crippen LogP contribution in [0.4, 0.5) is 0 Å². The van der Waals surface area contributed by atoms with Crippen LogP contribution in [0.15, 0.2) is 88.1 Å². The van der Waals surface area contributed by atoms with E-state index in [0.29, 0.717) is 16.7 Å². The zero-order valence-electron chi connectivity index (χ0n) is 18.0. The number of amides is 1. The number of hydrogen-bond donors (Lipinski definition) is 1. The van der Waals surface area contributed by atoms with Gasteiger partial charge < -0.3 is 19.2 Å². The first-order chi connectivity index (χ1) is 15.9. The van der Waals surface area contributed by atoms with Crippen molar-refractivity contribution in [3.8, 4) is 11.5 Å². The van der Waals surface area contributed by atoms with Gasteiger partial charge in [0.05, 0.1) is 18.7 Å². The molecular formula is C26H21NO6. The molecule has 7 nitrogen and oxygen atoms in total. The Morgan fingerprint density at radius 2 is 1.61 bits per heavy atom. The summed E-state index contributed by atoms with van der Waals surface area (Å²) < 4.78 is 15.8. The molecule has 1 N–H and O–H groups in total. The second-order valence-electron chi connectivity index (χ2n) is 7.37. The highest BCUT2D eigenvalue weighted by atomic mass is 16.5. The normalized spacial score (nSPS) is 11.6.